The number of thioether (sulfide) groups is 1. The zero-order valence-electron chi connectivity index (χ0n) is 13.3. The van der Waals surface area contributed by atoms with Crippen LogP contribution < -0.4 is 5.32 Å². The van der Waals surface area contributed by atoms with Gasteiger partial charge in [0.15, 0.2) is 0 Å². The van der Waals surface area contributed by atoms with E-state index in [0.717, 1.165) is 25.0 Å². The molecule has 0 saturated carbocycles. The van der Waals surface area contributed by atoms with Gasteiger partial charge in [0.25, 0.3) is 0 Å². The predicted octanol–water partition coefficient (Wildman–Crippen LogP) is 2.28. The van der Waals surface area contributed by atoms with Crippen LogP contribution in [0.25, 0.3) is 0 Å². The second kappa shape index (κ2) is 7.91. The lowest BCUT2D eigenvalue weighted by Crippen LogP contribution is -2.66. The summed E-state index contributed by atoms with van der Waals surface area (Å²) < 4.78 is 0. The van der Waals surface area contributed by atoms with Gasteiger partial charge < -0.3 is 10.2 Å². The Bertz CT molecular complexity index is 347. The average molecular weight is 300 g/mol. The van der Waals surface area contributed by atoms with Gasteiger partial charge in [0.2, 0.25) is 11.8 Å². The van der Waals surface area contributed by atoms with Gasteiger partial charge in [-0.05, 0) is 37.7 Å². The number of piperazine rings is 1. The van der Waals surface area contributed by atoms with Gasteiger partial charge in [-0.1, -0.05) is 27.2 Å². The molecule has 1 fully saturated rings. The van der Waals surface area contributed by atoms with Crippen molar-refractivity contribution in [3.63, 3.8) is 0 Å². The Hall–Kier alpha value is -0.710. The van der Waals surface area contributed by atoms with Crippen molar-refractivity contribution in [2.75, 3.05) is 12.0 Å². The molecule has 1 heterocycles. The van der Waals surface area contributed by atoms with Gasteiger partial charge in [-0.25, -0.2) is 0 Å². The van der Waals surface area contributed by atoms with E-state index < -0.39 is 0 Å². The number of carbonyl (C=O) groups excluding carboxylic acids is 2. The first kappa shape index (κ1) is 17.3. The van der Waals surface area contributed by atoms with Crippen LogP contribution in [0.1, 0.15) is 47.0 Å². The molecule has 1 aliphatic heterocycles. The molecule has 0 spiro atoms. The van der Waals surface area contributed by atoms with Crippen molar-refractivity contribution in [2.45, 2.75) is 65.1 Å². The maximum Gasteiger partial charge on any atom is 0.246 e. The fourth-order valence-electron chi connectivity index (χ4n) is 2.79. The summed E-state index contributed by atoms with van der Waals surface area (Å²) in [4.78, 5) is 26.9. The first-order valence-corrected chi connectivity index (χ1v) is 8.94. The summed E-state index contributed by atoms with van der Waals surface area (Å²) in [6.07, 6.45) is 4.62. The standard InChI is InChI=1S/C15H28N2O2S/c1-6-7-12-15(19)17(11(4)8-9-20-5)13(10(2)3)14(18)16-12/h10-13H,6-9H2,1-5H3,(H,16,18). The normalized spacial score (nSPS) is 25.0. The minimum Gasteiger partial charge on any atom is -0.342 e. The molecule has 1 N–H and O–H groups in total. The molecular weight excluding hydrogens is 272 g/mol. The van der Waals surface area contributed by atoms with E-state index in [0.29, 0.717) is 0 Å². The first-order chi connectivity index (χ1) is 9.43. The van der Waals surface area contributed by atoms with E-state index in [1.807, 2.05) is 25.7 Å². The number of carbonyl (C=O) groups is 2. The molecule has 4 nitrogen and oxygen atoms in total. The average Bonchev–Trinajstić information content (AvgIpc) is 2.39. The molecule has 1 rings (SSSR count). The van der Waals surface area contributed by atoms with Crippen LogP contribution in [-0.2, 0) is 9.59 Å². The fourth-order valence-corrected chi connectivity index (χ4v) is 3.37. The topological polar surface area (TPSA) is 49.4 Å². The quantitative estimate of drug-likeness (QED) is 0.785. The Balaban J connectivity index is 2.95. The fraction of sp³-hybridized carbons (Fsp3) is 0.867. The Labute approximate surface area is 127 Å². The highest BCUT2D eigenvalue weighted by Gasteiger charge is 2.43. The highest BCUT2D eigenvalue weighted by molar-refractivity contribution is 7.98. The summed E-state index contributed by atoms with van der Waals surface area (Å²) in [5.74, 6) is 1.25. The van der Waals surface area contributed by atoms with Gasteiger partial charge in [-0.15, -0.1) is 0 Å². The Morgan fingerprint density at radius 1 is 1.30 bits per heavy atom. The van der Waals surface area contributed by atoms with Crippen LogP contribution in [-0.4, -0.2) is 46.8 Å². The van der Waals surface area contributed by atoms with E-state index >= 15 is 0 Å². The summed E-state index contributed by atoms with van der Waals surface area (Å²) in [6.45, 7) is 8.11. The molecule has 1 saturated heterocycles. The molecule has 3 unspecified atom stereocenters. The highest BCUT2D eigenvalue weighted by atomic mass is 32.2. The third kappa shape index (κ3) is 3.90. The van der Waals surface area contributed by atoms with E-state index in [-0.39, 0.29) is 35.9 Å². The summed E-state index contributed by atoms with van der Waals surface area (Å²) in [5.41, 5.74) is 0. The van der Waals surface area contributed by atoms with E-state index in [1.165, 1.54) is 0 Å². The largest absolute Gasteiger partial charge is 0.342 e. The number of nitrogens with one attached hydrogen (secondary N) is 1. The second-order valence-electron chi connectivity index (χ2n) is 5.91. The lowest BCUT2D eigenvalue weighted by atomic mass is 9.93. The number of nitrogens with zero attached hydrogens (tertiary/aromatic N) is 1. The lowest BCUT2D eigenvalue weighted by Gasteiger charge is -2.44. The van der Waals surface area contributed by atoms with Crippen molar-refractivity contribution in [2.24, 2.45) is 5.92 Å². The maximum absolute atomic E-state index is 12.7. The minimum atomic E-state index is -0.334. The molecule has 0 aromatic heterocycles. The van der Waals surface area contributed by atoms with Crippen LogP contribution in [0.5, 0.6) is 0 Å². The van der Waals surface area contributed by atoms with Crippen LogP contribution in [0.3, 0.4) is 0 Å². The molecule has 3 atom stereocenters. The SMILES string of the molecule is CCCC1NC(=O)C(C(C)C)N(C(C)CCSC)C1=O. The summed E-state index contributed by atoms with van der Waals surface area (Å²) in [6, 6.07) is -0.542. The monoisotopic (exact) mass is 300 g/mol. The number of amides is 2. The molecule has 0 bridgehead atoms. The zero-order chi connectivity index (χ0) is 15.3. The van der Waals surface area contributed by atoms with E-state index in [4.69, 9.17) is 0 Å². The molecule has 0 aromatic rings. The molecular formula is C15H28N2O2S. The van der Waals surface area contributed by atoms with Crippen LogP contribution in [0.4, 0.5) is 0 Å². The van der Waals surface area contributed by atoms with E-state index in [2.05, 4.69) is 18.5 Å². The van der Waals surface area contributed by atoms with Crippen LogP contribution in [0.15, 0.2) is 0 Å². The highest BCUT2D eigenvalue weighted by Crippen LogP contribution is 2.23. The molecule has 0 aliphatic carbocycles. The van der Waals surface area contributed by atoms with Gasteiger partial charge in [-0.3, -0.25) is 9.59 Å². The molecule has 5 heteroatoms. The minimum absolute atomic E-state index is 0.00838. The summed E-state index contributed by atoms with van der Waals surface area (Å²) >= 11 is 1.78. The second-order valence-corrected chi connectivity index (χ2v) is 6.90. The van der Waals surface area contributed by atoms with Crippen molar-refractivity contribution < 1.29 is 9.59 Å². The van der Waals surface area contributed by atoms with Crippen molar-refractivity contribution in [1.82, 2.24) is 10.2 Å². The van der Waals surface area contributed by atoms with Crippen molar-refractivity contribution in [1.29, 1.82) is 0 Å². The molecule has 116 valence electrons. The molecule has 0 aromatic carbocycles. The zero-order valence-corrected chi connectivity index (χ0v) is 14.1. The lowest BCUT2D eigenvalue weighted by molar-refractivity contribution is -0.154. The van der Waals surface area contributed by atoms with Crippen molar-refractivity contribution in [3.8, 4) is 0 Å². The number of hydrogen-bond acceptors (Lipinski definition) is 3. The molecule has 0 radical (unpaired) electrons. The third-order valence-corrected chi connectivity index (χ3v) is 4.50. The van der Waals surface area contributed by atoms with Crippen LogP contribution in [0.2, 0.25) is 0 Å². The van der Waals surface area contributed by atoms with Crippen molar-refractivity contribution in [3.05, 3.63) is 0 Å². The van der Waals surface area contributed by atoms with E-state index in [1.54, 1.807) is 11.8 Å². The smallest absolute Gasteiger partial charge is 0.246 e. The predicted molar refractivity (Wildman–Crippen MR) is 84.8 cm³/mol. The van der Waals surface area contributed by atoms with Crippen LogP contribution >= 0.6 is 11.8 Å². The Morgan fingerprint density at radius 3 is 2.45 bits per heavy atom. The first-order valence-electron chi connectivity index (χ1n) is 7.55. The number of hydrogen-bond donors (Lipinski definition) is 1. The van der Waals surface area contributed by atoms with Gasteiger partial charge in [0.1, 0.15) is 12.1 Å². The summed E-state index contributed by atoms with van der Waals surface area (Å²) in [5, 5.41) is 2.90. The molecule has 20 heavy (non-hydrogen) atoms. The third-order valence-electron chi connectivity index (χ3n) is 3.86. The molecule has 2 amide bonds. The van der Waals surface area contributed by atoms with Gasteiger partial charge >= 0.3 is 0 Å². The van der Waals surface area contributed by atoms with E-state index in [9.17, 15) is 9.59 Å². The van der Waals surface area contributed by atoms with Gasteiger partial charge in [-0.2, -0.15) is 11.8 Å². The Kier molecular flexibility index (Phi) is 6.86. The Morgan fingerprint density at radius 2 is 1.95 bits per heavy atom. The van der Waals surface area contributed by atoms with Gasteiger partial charge in [0, 0.05) is 6.04 Å². The molecule has 1 aliphatic rings. The van der Waals surface area contributed by atoms with Crippen LogP contribution in [0, 0.1) is 5.92 Å². The van der Waals surface area contributed by atoms with Gasteiger partial charge in [0.05, 0.1) is 0 Å². The maximum atomic E-state index is 12.7. The summed E-state index contributed by atoms with van der Waals surface area (Å²) in [7, 11) is 0. The van der Waals surface area contributed by atoms with Crippen molar-refractivity contribution >= 4 is 23.6 Å². The number of rotatable bonds is 7.